The number of thiophene rings is 2. The van der Waals surface area contributed by atoms with Crippen LogP contribution in [0.3, 0.4) is 0 Å². The van der Waals surface area contributed by atoms with Crippen molar-refractivity contribution in [1.29, 1.82) is 0 Å². The number of benzene rings is 12. The Hall–Kier alpha value is -9.84. The second kappa shape index (κ2) is 18.6. The molecule has 12 aromatic carbocycles. The van der Waals surface area contributed by atoms with Crippen LogP contribution in [0.5, 0.6) is 0 Å². The molecule has 390 valence electrons. The predicted molar refractivity (Wildman–Crippen MR) is 360 cm³/mol. The van der Waals surface area contributed by atoms with E-state index in [0.29, 0.717) is 0 Å². The minimum Gasteiger partial charge on any atom is -0.309 e. The van der Waals surface area contributed by atoms with Crippen LogP contribution in [0.2, 0.25) is 0 Å². The summed E-state index contributed by atoms with van der Waals surface area (Å²) in [6, 6.07) is 94.8. The number of nitrogens with zero attached hydrogens (tertiary/aromatic N) is 2. The van der Waals surface area contributed by atoms with E-state index in [2.05, 4.69) is 302 Å². The maximum absolute atomic E-state index is 2.47. The van der Waals surface area contributed by atoms with Crippen molar-refractivity contribution in [2.24, 2.45) is 0 Å². The normalized spacial score (nSPS) is 13.2. The van der Waals surface area contributed by atoms with Crippen molar-refractivity contribution < 1.29 is 0 Å². The van der Waals surface area contributed by atoms with E-state index in [1.807, 2.05) is 22.7 Å². The van der Waals surface area contributed by atoms with Gasteiger partial charge in [-0.2, -0.15) is 0 Å². The van der Waals surface area contributed by atoms with Gasteiger partial charge in [-0.3, -0.25) is 0 Å². The Labute approximate surface area is 489 Å². The van der Waals surface area contributed by atoms with E-state index in [-0.39, 0.29) is 5.41 Å². The SMILES string of the molecule is CC1(C)c2cc(/C=C/c3ccc(-c4ccc5c(c4)c4ccccc4n5-c4cc5ccccc5c5ccccc45)s3)ccc2-c2ccc(/C=C/c3ccc(-c4ccc5c(c4)c4ccccc4n5-c4cc5ccccc5c5ccccc45)s3)cc21. The molecule has 0 aliphatic heterocycles. The minimum atomic E-state index is -0.142. The van der Waals surface area contributed by atoms with Gasteiger partial charge in [-0.1, -0.05) is 208 Å². The number of aromatic nitrogens is 2. The Morgan fingerprint density at radius 3 is 1.14 bits per heavy atom. The molecule has 0 fully saturated rings. The fourth-order valence-corrected chi connectivity index (χ4v) is 15.6. The summed E-state index contributed by atoms with van der Waals surface area (Å²) in [5, 5.41) is 15.2. The van der Waals surface area contributed by atoms with E-state index in [4.69, 9.17) is 0 Å². The standard InChI is InChI=1S/C79H52N2S2/c1-79(2)69-43-49(27-33-55-35-41-77(82-55)53-31-39-73-67(45-53)65-23-11-13-25-71(65)80(73)75-47-51-15-3-5-17-57(51)59-19-7-9-21-63(59)75)29-37-61(69)62-38-30-50(44-70(62)79)28-34-56-36-42-78(83-56)54-32-40-74-68(46-54)66-24-12-14-26-72(66)81(74)76-48-52-16-4-6-18-58(52)60-20-8-10-22-64(60)76/h3-48H,1-2H3/b33-27+,34-28+. The molecule has 0 bridgehead atoms. The zero-order valence-corrected chi connectivity index (χ0v) is 47.4. The summed E-state index contributed by atoms with van der Waals surface area (Å²) in [5.74, 6) is 0. The van der Waals surface area contributed by atoms with Gasteiger partial charge in [0.15, 0.2) is 0 Å². The highest BCUT2D eigenvalue weighted by Crippen LogP contribution is 2.50. The zero-order chi connectivity index (χ0) is 54.9. The second-order valence-electron chi connectivity index (χ2n) is 22.8. The summed E-state index contributed by atoms with van der Waals surface area (Å²) in [5.41, 5.74) is 17.5. The van der Waals surface area contributed by atoms with Crippen LogP contribution < -0.4 is 0 Å². The number of hydrogen-bond donors (Lipinski definition) is 0. The molecule has 0 spiro atoms. The second-order valence-corrected chi connectivity index (χ2v) is 25.0. The molecule has 0 amide bonds. The highest BCUT2D eigenvalue weighted by atomic mass is 32.1. The molecule has 16 aromatic rings. The molecule has 0 saturated carbocycles. The van der Waals surface area contributed by atoms with E-state index in [1.165, 1.54) is 162 Å². The Kier molecular flexibility index (Phi) is 10.7. The third-order valence-electron chi connectivity index (χ3n) is 17.7. The third-order valence-corrected chi connectivity index (χ3v) is 19.9. The summed E-state index contributed by atoms with van der Waals surface area (Å²) in [7, 11) is 0. The lowest BCUT2D eigenvalue weighted by Gasteiger charge is -2.22. The Bertz CT molecular complexity index is 5100. The molecule has 4 heterocycles. The van der Waals surface area contributed by atoms with Crippen molar-refractivity contribution in [3.63, 3.8) is 0 Å². The zero-order valence-electron chi connectivity index (χ0n) is 45.8. The number of para-hydroxylation sites is 2. The molecular weight excluding hydrogens is 1040 g/mol. The van der Waals surface area contributed by atoms with Crippen LogP contribution in [0.15, 0.2) is 255 Å². The first-order valence-corrected chi connectivity index (χ1v) is 30.3. The summed E-state index contributed by atoms with van der Waals surface area (Å²) in [6.45, 7) is 4.76. The van der Waals surface area contributed by atoms with Crippen molar-refractivity contribution in [1.82, 2.24) is 9.13 Å². The maximum Gasteiger partial charge on any atom is 0.0546 e. The largest absolute Gasteiger partial charge is 0.309 e. The lowest BCUT2D eigenvalue weighted by Crippen LogP contribution is -2.15. The maximum atomic E-state index is 2.47. The molecule has 1 aliphatic carbocycles. The first-order chi connectivity index (χ1) is 40.9. The van der Waals surface area contributed by atoms with Crippen LogP contribution in [-0.2, 0) is 5.41 Å². The summed E-state index contributed by atoms with van der Waals surface area (Å²) >= 11 is 3.69. The van der Waals surface area contributed by atoms with Gasteiger partial charge in [0.2, 0.25) is 0 Å². The van der Waals surface area contributed by atoms with Crippen molar-refractivity contribution >= 4 is 134 Å². The molecule has 83 heavy (non-hydrogen) atoms. The van der Waals surface area contributed by atoms with E-state index >= 15 is 0 Å². The molecule has 2 nitrogen and oxygen atoms in total. The van der Waals surface area contributed by atoms with Gasteiger partial charge in [-0.15, -0.1) is 22.7 Å². The fourth-order valence-electron chi connectivity index (χ4n) is 13.7. The molecule has 17 rings (SSSR count). The number of hydrogen-bond acceptors (Lipinski definition) is 2. The molecule has 4 aromatic heterocycles. The summed E-state index contributed by atoms with van der Waals surface area (Å²) in [6.07, 6.45) is 9.13. The van der Waals surface area contributed by atoms with Crippen LogP contribution in [0.4, 0.5) is 0 Å². The van der Waals surface area contributed by atoms with Gasteiger partial charge in [-0.05, 0) is 162 Å². The highest BCUT2D eigenvalue weighted by molar-refractivity contribution is 7.16. The first-order valence-electron chi connectivity index (χ1n) is 28.6. The molecule has 0 radical (unpaired) electrons. The van der Waals surface area contributed by atoms with Crippen LogP contribution in [0, 0.1) is 0 Å². The van der Waals surface area contributed by atoms with Crippen LogP contribution in [-0.4, -0.2) is 9.13 Å². The molecule has 0 unspecified atom stereocenters. The number of rotatable bonds is 8. The van der Waals surface area contributed by atoms with Crippen LogP contribution in [0.25, 0.3) is 154 Å². The summed E-state index contributed by atoms with van der Waals surface area (Å²) in [4.78, 5) is 5.00. The lowest BCUT2D eigenvalue weighted by molar-refractivity contribution is 0.660. The predicted octanol–water partition coefficient (Wildman–Crippen LogP) is 22.6. The van der Waals surface area contributed by atoms with Crippen molar-refractivity contribution in [2.45, 2.75) is 19.3 Å². The first kappa shape index (κ1) is 47.9. The molecule has 0 atom stereocenters. The quantitative estimate of drug-likeness (QED) is 0.134. The van der Waals surface area contributed by atoms with Gasteiger partial charge in [0.1, 0.15) is 0 Å². The van der Waals surface area contributed by atoms with Crippen molar-refractivity contribution in [2.75, 3.05) is 0 Å². The van der Waals surface area contributed by atoms with Crippen molar-refractivity contribution in [3.8, 4) is 43.4 Å². The Morgan fingerprint density at radius 1 is 0.301 bits per heavy atom. The fraction of sp³-hybridized carbons (Fsp3) is 0.0380. The number of fused-ring (bicyclic) bond motifs is 15. The van der Waals surface area contributed by atoms with Crippen LogP contribution >= 0.6 is 22.7 Å². The van der Waals surface area contributed by atoms with E-state index in [0.717, 1.165) is 0 Å². The average Bonchev–Trinajstić information content (AvgIpc) is 2.96. The molecule has 0 N–H and O–H groups in total. The van der Waals surface area contributed by atoms with Gasteiger partial charge in [0, 0.05) is 57.2 Å². The average molecular weight is 1090 g/mol. The molecule has 4 heteroatoms. The van der Waals surface area contributed by atoms with Gasteiger partial charge < -0.3 is 9.13 Å². The smallest absolute Gasteiger partial charge is 0.0546 e. The lowest BCUT2D eigenvalue weighted by atomic mass is 9.81. The van der Waals surface area contributed by atoms with E-state index in [9.17, 15) is 0 Å². The van der Waals surface area contributed by atoms with Gasteiger partial charge in [-0.25, -0.2) is 0 Å². The molecule has 0 saturated heterocycles. The van der Waals surface area contributed by atoms with Crippen molar-refractivity contribution in [3.05, 3.63) is 287 Å². The Morgan fingerprint density at radius 2 is 0.687 bits per heavy atom. The van der Waals surface area contributed by atoms with Crippen LogP contribution in [0.1, 0.15) is 45.9 Å². The van der Waals surface area contributed by atoms with Gasteiger partial charge in [0.05, 0.1) is 33.4 Å². The third kappa shape index (κ3) is 7.60. The molecular formula is C79H52N2S2. The summed E-state index contributed by atoms with van der Waals surface area (Å²) < 4.78 is 4.94. The topological polar surface area (TPSA) is 9.86 Å². The van der Waals surface area contributed by atoms with Gasteiger partial charge >= 0.3 is 0 Å². The van der Waals surface area contributed by atoms with Gasteiger partial charge in [0.25, 0.3) is 0 Å². The highest BCUT2D eigenvalue weighted by Gasteiger charge is 2.35. The molecule has 1 aliphatic rings. The monoisotopic (exact) mass is 1090 g/mol. The minimum absolute atomic E-state index is 0.142. The van der Waals surface area contributed by atoms with E-state index < -0.39 is 0 Å². The van der Waals surface area contributed by atoms with E-state index in [1.54, 1.807) is 0 Å². The Balaban J connectivity index is 0.624.